The Morgan fingerprint density at radius 2 is 1.81 bits per heavy atom. The van der Waals surface area contributed by atoms with Crippen molar-refractivity contribution in [3.05, 3.63) is 42.0 Å². The minimum absolute atomic E-state index is 0.343. The van der Waals surface area contributed by atoms with E-state index in [-0.39, 0.29) is 0 Å². The maximum absolute atomic E-state index is 3.79. The van der Waals surface area contributed by atoms with Crippen LogP contribution >= 0.6 is 0 Å². The molecule has 0 spiro atoms. The molecule has 1 rings (SSSR count). The molecule has 88 valence electrons. The smallest absolute Gasteiger partial charge is 0.00779 e. The van der Waals surface area contributed by atoms with E-state index in [0.29, 0.717) is 5.41 Å². The van der Waals surface area contributed by atoms with Gasteiger partial charge in [-0.25, -0.2) is 0 Å². The summed E-state index contributed by atoms with van der Waals surface area (Å²) in [5, 5.41) is 0. The van der Waals surface area contributed by atoms with Crippen LogP contribution in [0.25, 0.3) is 6.08 Å². The average Bonchev–Trinajstić information content (AvgIpc) is 2.36. The Kier molecular flexibility index (Phi) is 4.79. The number of rotatable bonds is 6. The number of hydrogen-bond donors (Lipinski definition) is 0. The molecule has 0 nitrogen and oxygen atoms in total. The monoisotopic (exact) mass is 216 g/mol. The van der Waals surface area contributed by atoms with Gasteiger partial charge in [-0.1, -0.05) is 70.5 Å². The maximum Gasteiger partial charge on any atom is -0.00779 e. The quantitative estimate of drug-likeness (QED) is 0.614. The van der Waals surface area contributed by atoms with Crippen molar-refractivity contribution in [2.75, 3.05) is 0 Å². The Bertz CT molecular complexity index is 320. The third-order valence-corrected chi connectivity index (χ3v) is 3.71. The summed E-state index contributed by atoms with van der Waals surface area (Å²) in [6, 6.07) is 8.86. The molecule has 0 aliphatic heterocycles. The summed E-state index contributed by atoms with van der Waals surface area (Å²) in [4.78, 5) is 0. The normalized spacial score (nSPS) is 14.4. The van der Waals surface area contributed by atoms with E-state index in [1.54, 1.807) is 0 Å². The van der Waals surface area contributed by atoms with Crippen molar-refractivity contribution in [2.45, 2.75) is 51.9 Å². The highest BCUT2D eigenvalue weighted by molar-refractivity contribution is 5.47. The number of unbranched alkanes of at least 4 members (excludes halogenated alkanes) is 1. The third kappa shape index (κ3) is 2.98. The fourth-order valence-corrected chi connectivity index (χ4v) is 2.11. The lowest BCUT2D eigenvalue weighted by Crippen LogP contribution is -2.20. The van der Waals surface area contributed by atoms with Gasteiger partial charge in [0.25, 0.3) is 0 Å². The van der Waals surface area contributed by atoms with Crippen LogP contribution in [0.3, 0.4) is 0 Å². The van der Waals surface area contributed by atoms with E-state index in [9.17, 15) is 0 Å². The van der Waals surface area contributed by atoms with Crippen LogP contribution in [0.4, 0.5) is 0 Å². The van der Waals surface area contributed by atoms with Gasteiger partial charge in [-0.15, -0.1) is 0 Å². The van der Waals surface area contributed by atoms with Crippen LogP contribution in [0, 0.1) is 0 Å². The summed E-state index contributed by atoms with van der Waals surface area (Å²) < 4.78 is 0. The Labute approximate surface area is 100 Å². The van der Waals surface area contributed by atoms with Crippen LogP contribution in [0.1, 0.15) is 57.6 Å². The molecule has 0 heterocycles. The molecule has 0 saturated carbocycles. The van der Waals surface area contributed by atoms with Crippen LogP contribution in [-0.4, -0.2) is 0 Å². The van der Waals surface area contributed by atoms with Crippen molar-refractivity contribution in [1.82, 2.24) is 0 Å². The van der Waals surface area contributed by atoms with E-state index in [1.165, 1.54) is 36.8 Å². The lowest BCUT2D eigenvalue weighted by molar-refractivity contribution is 0.403. The fraction of sp³-hybridized carbons (Fsp3) is 0.500. The van der Waals surface area contributed by atoms with Crippen LogP contribution in [-0.2, 0) is 5.41 Å². The van der Waals surface area contributed by atoms with Crippen LogP contribution < -0.4 is 0 Å². The molecule has 16 heavy (non-hydrogen) atoms. The highest BCUT2D eigenvalue weighted by Gasteiger charge is 2.23. The second-order valence-corrected chi connectivity index (χ2v) is 4.84. The standard InChI is InChI=1S/C16H24/c1-5-8-13-16(4,7-3)15-11-9-14(6-2)10-12-15/h6,9-12H,2,5,7-8,13H2,1,3-4H3. The Morgan fingerprint density at radius 1 is 1.19 bits per heavy atom. The maximum atomic E-state index is 3.79. The fourth-order valence-electron chi connectivity index (χ4n) is 2.11. The van der Waals surface area contributed by atoms with E-state index >= 15 is 0 Å². The van der Waals surface area contributed by atoms with Gasteiger partial charge in [0.1, 0.15) is 0 Å². The van der Waals surface area contributed by atoms with Crippen molar-refractivity contribution in [3.8, 4) is 0 Å². The highest BCUT2D eigenvalue weighted by Crippen LogP contribution is 2.33. The number of benzene rings is 1. The molecule has 0 aliphatic rings. The van der Waals surface area contributed by atoms with Gasteiger partial charge >= 0.3 is 0 Å². The molecule has 0 N–H and O–H groups in total. The van der Waals surface area contributed by atoms with Gasteiger partial charge in [0.15, 0.2) is 0 Å². The summed E-state index contributed by atoms with van der Waals surface area (Å²) in [5.41, 5.74) is 3.02. The van der Waals surface area contributed by atoms with E-state index in [4.69, 9.17) is 0 Å². The van der Waals surface area contributed by atoms with Crippen LogP contribution in [0.5, 0.6) is 0 Å². The van der Waals surface area contributed by atoms with Crippen molar-refractivity contribution in [1.29, 1.82) is 0 Å². The summed E-state index contributed by atoms with van der Waals surface area (Å²) >= 11 is 0. The second-order valence-electron chi connectivity index (χ2n) is 4.84. The van der Waals surface area contributed by atoms with Crippen molar-refractivity contribution in [3.63, 3.8) is 0 Å². The van der Waals surface area contributed by atoms with Crippen molar-refractivity contribution in [2.24, 2.45) is 0 Å². The van der Waals surface area contributed by atoms with Gasteiger partial charge in [0, 0.05) is 0 Å². The van der Waals surface area contributed by atoms with Gasteiger partial charge in [0.05, 0.1) is 0 Å². The lowest BCUT2D eigenvalue weighted by atomic mass is 9.76. The van der Waals surface area contributed by atoms with Gasteiger partial charge in [-0.2, -0.15) is 0 Å². The predicted molar refractivity (Wildman–Crippen MR) is 73.7 cm³/mol. The number of hydrogen-bond acceptors (Lipinski definition) is 0. The van der Waals surface area contributed by atoms with Crippen molar-refractivity contribution >= 4 is 6.08 Å². The largest absolute Gasteiger partial charge is 0.0985 e. The van der Waals surface area contributed by atoms with E-state index in [1.807, 2.05) is 6.08 Å². The van der Waals surface area contributed by atoms with E-state index < -0.39 is 0 Å². The van der Waals surface area contributed by atoms with Gasteiger partial charge in [0.2, 0.25) is 0 Å². The molecule has 1 aromatic rings. The van der Waals surface area contributed by atoms with Gasteiger partial charge in [-0.05, 0) is 29.4 Å². The molecule has 0 radical (unpaired) electrons. The lowest BCUT2D eigenvalue weighted by Gasteiger charge is -2.29. The summed E-state index contributed by atoms with van der Waals surface area (Å²) in [6.07, 6.45) is 6.99. The van der Waals surface area contributed by atoms with E-state index in [0.717, 1.165) is 0 Å². The zero-order valence-electron chi connectivity index (χ0n) is 10.9. The average molecular weight is 216 g/mol. The minimum atomic E-state index is 0.343. The van der Waals surface area contributed by atoms with Gasteiger partial charge < -0.3 is 0 Å². The molecule has 0 heteroatoms. The first-order valence-electron chi connectivity index (χ1n) is 6.39. The SMILES string of the molecule is C=Cc1ccc(C(C)(CC)CCCC)cc1. The van der Waals surface area contributed by atoms with Gasteiger partial charge in [-0.3, -0.25) is 0 Å². The van der Waals surface area contributed by atoms with Crippen molar-refractivity contribution < 1.29 is 0 Å². The topological polar surface area (TPSA) is 0 Å². The molecule has 0 aliphatic carbocycles. The molecular weight excluding hydrogens is 192 g/mol. The Balaban J connectivity index is 2.88. The molecule has 1 atom stereocenters. The van der Waals surface area contributed by atoms with E-state index in [2.05, 4.69) is 51.6 Å². The Morgan fingerprint density at radius 3 is 2.25 bits per heavy atom. The third-order valence-electron chi connectivity index (χ3n) is 3.71. The molecular formula is C16H24. The molecule has 0 bridgehead atoms. The first-order chi connectivity index (χ1) is 7.66. The molecule has 0 amide bonds. The first kappa shape index (κ1) is 13.0. The summed E-state index contributed by atoms with van der Waals surface area (Å²) in [5.74, 6) is 0. The predicted octanol–water partition coefficient (Wildman–Crippen LogP) is 5.19. The highest BCUT2D eigenvalue weighted by atomic mass is 14.3. The zero-order valence-corrected chi connectivity index (χ0v) is 10.9. The minimum Gasteiger partial charge on any atom is -0.0985 e. The zero-order chi connectivity index (χ0) is 12.0. The molecule has 0 aromatic heterocycles. The first-order valence-corrected chi connectivity index (χ1v) is 6.39. The second kappa shape index (κ2) is 5.89. The molecule has 0 fully saturated rings. The van der Waals surface area contributed by atoms with Crippen LogP contribution in [0.15, 0.2) is 30.8 Å². The van der Waals surface area contributed by atoms with Crippen LogP contribution in [0.2, 0.25) is 0 Å². The molecule has 0 saturated heterocycles. The molecule has 1 unspecified atom stereocenters. The molecule has 1 aromatic carbocycles. The summed E-state index contributed by atoms with van der Waals surface area (Å²) in [7, 11) is 0. The Hall–Kier alpha value is -1.04. The summed E-state index contributed by atoms with van der Waals surface area (Å²) in [6.45, 7) is 10.7.